The second kappa shape index (κ2) is 7.21. The zero-order valence-corrected chi connectivity index (χ0v) is 12.0. The first kappa shape index (κ1) is 15.5. The molecule has 0 aromatic carbocycles. The average Bonchev–Trinajstić information content (AvgIpc) is 2.95. The number of hydrogen-bond donors (Lipinski definition) is 1. The molecule has 7 heteroatoms. The van der Waals surface area contributed by atoms with Gasteiger partial charge in [-0.3, -0.25) is 14.9 Å². The van der Waals surface area contributed by atoms with Crippen molar-refractivity contribution in [2.75, 3.05) is 13.2 Å². The SMILES string of the molecule is CC1CCCCC1OCCNC(=O)c1ccc([N+](=O)[O-])o1. The lowest BCUT2D eigenvalue weighted by Crippen LogP contribution is -2.31. The molecule has 1 aliphatic carbocycles. The van der Waals surface area contributed by atoms with Gasteiger partial charge >= 0.3 is 5.88 Å². The van der Waals surface area contributed by atoms with Crippen LogP contribution in [0.3, 0.4) is 0 Å². The fraction of sp³-hybridized carbons (Fsp3) is 0.643. The van der Waals surface area contributed by atoms with E-state index >= 15 is 0 Å². The molecular weight excluding hydrogens is 276 g/mol. The Kier molecular flexibility index (Phi) is 5.32. The minimum atomic E-state index is -0.676. The molecule has 1 fully saturated rings. The molecule has 2 rings (SSSR count). The van der Waals surface area contributed by atoms with E-state index in [0.29, 0.717) is 19.1 Å². The number of amides is 1. The third-order valence-electron chi connectivity index (χ3n) is 3.75. The van der Waals surface area contributed by atoms with Gasteiger partial charge in [0.05, 0.1) is 18.8 Å². The van der Waals surface area contributed by atoms with Gasteiger partial charge in [-0.15, -0.1) is 0 Å². The van der Waals surface area contributed by atoms with Crippen LogP contribution in [0.25, 0.3) is 0 Å². The number of rotatable bonds is 6. The molecule has 7 nitrogen and oxygen atoms in total. The van der Waals surface area contributed by atoms with Gasteiger partial charge in [0.25, 0.3) is 5.91 Å². The summed E-state index contributed by atoms with van der Waals surface area (Å²) in [6.07, 6.45) is 4.97. The van der Waals surface area contributed by atoms with Crippen molar-refractivity contribution in [3.63, 3.8) is 0 Å². The van der Waals surface area contributed by atoms with Gasteiger partial charge in [0.15, 0.2) is 5.76 Å². The lowest BCUT2D eigenvalue weighted by molar-refractivity contribution is -0.402. The van der Waals surface area contributed by atoms with Gasteiger partial charge < -0.3 is 14.5 Å². The van der Waals surface area contributed by atoms with Crippen molar-refractivity contribution in [1.82, 2.24) is 5.32 Å². The molecule has 0 saturated heterocycles. The van der Waals surface area contributed by atoms with Gasteiger partial charge in [-0.1, -0.05) is 19.8 Å². The summed E-state index contributed by atoms with van der Waals surface area (Å²) in [6, 6.07) is 2.45. The number of nitro groups is 1. The molecule has 2 unspecified atom stereocenters. The van der Waals surface area contributed by atoms with Crippen molar-refractivity contribution in [1.29, 1.82) is 0 Å². The van der Waals surface area contributed by atoms with Crippen LogP contribution < -0.4 is 5.32 Å². The number of hydrogen-bond acceptors (Lipinski definition) is 5. The second-order valence-electron chi connectivity index (χ2n) is 5.32. The Morgan fingerprint density at radius 1 is 1.48 bits per heavy atom. The Hall–Kier alpha value is -1.89. The molecule has 1 heterocycles. The first-order valence-corrected chi connectivity index (χ1v) is 7.22. The molecule has 2 atom stereocenters. The van der Waals surface area contributed by atoms with E-state index in [2.05, 4.69) is 12.2 Å². The van der Waals surface area contributed by atoms with Gasteiger partial charge in [0, 0.05) is 6.54 Å². The maximum atomic E-state index is 11.7. The van der Waals surface area contributed by atoms with Crippen LogP contribution in [0.2, 0.25) is 0 Å². The Morgan fingerprint density at radius 2 is 2.24 bits per heavy atom. The van der Waals surface area contributed by atoms with Crippen molar-refractivity contribution >= 4 is 11.8 Å². The van der Waals surface area contributed by atoms with Crippen molar-refractivity contribution in [3.8, 4) is 0 Å². The van der Waals surface area contributed by atoms with Crippen LogP contribution in [0, 0.1) is 16.0 Å². The molecule has 1 aromatic rings. The van der Waals surface area contributed by atoms with E-state index in [0.717, 1.165) is 12.5 Å². The summed E-state index contributed by atoms with van der Waals surface area (Å²) in [6.45, 7) is 2.98. The van der Waals surface area contributed by atoms with E-state index in [4.69, 9.17) is 9.15 Å². The van der Waals surface area contributed by atoms with Crippen LogP contribution in [-0.4, -0.2) is 30.1 Å². The summed E-state index contributed by atoms with van der Waals surface area (Å²) in [5.41, 5.74) is 0. The van der Waals surface area contributed by atoms with Crippen molar-refractivity contribution < 1.29 is 18.9 Å². The van der Waals surface area contributed by atoms with Crippen LogP contribution in [0.5, 0.6) is 0 Å². The lowest BCUT2D eigenvalue weighted by Gasteiger charge is -2.28. The number of carbonyl (C=O) groups excluding carboxylic acids is 1. The first-order valence-electron chi connectivity index (χ1n) is 7.22. The van der Waals surface area contributed by atoms with Gasteiger partial charge in [-0.25, -0.2) is 0 Å². The van der Waals surface area contributed by atoms with E-state index in [1.54, 1.807) is 0 Å². The molecular formula is C14H20N2O5. The van der Waals surface area contributed by atoms with Gasteiger partial charge in [-0.2, -0.15) is 0 Å². The standard InChI is InChI=1S/C14H20N2O5/c1-10-4-2-3-5-11(10)20-9-8-15-14(17)12-6-7-13(21-12)16(18)19/h6-7,10-11H,2-5,8-9H2,1H3,(H,15,17). The zero-order chi connectivity index (χ0) is 15.2. The summed E-state index contributed by atoms with van der Waals surface area (Å²) in [5, 5.41) is 13.1. The number of nitrogens with one attached hydrogen (secondary N) is 1. The lowest BCUT2D eigenvalue weighted by atomic mass is 9.88. The average molecular weight is 296 g/mol. The summed E-state index contributed by atoms with van der Waals surface area (Å²) in [7, 11) is 0. The monoisotopic (exact) mass is 296 g/mol. The molecule has 116 valence electrons. The largest absolute Gasteiger partial charge is 0.433 e. The van der Waals surface area contributed by atoms with E-state index in [1.165, 1.54) is 25.3 Å². The molecule has 1 N–H and O–H groups in total. The fourth-order valence-electron chi connectivity index (χ4n) is 2.54. The number of carbonyl (C=O) groups is 1. The predicted octanol–water partition coefficient (Wildman–Crippen LogP) is 2.51. The fourth-order valence-corrected chi connectivity index (χ4v) is 2.54. The maximum absolute atomic E-state index is 11.7. The van der Waals surface area contributed by atoms with E-state index in [1.807, 2.05) is 0 Å². The summed E-state index contributed by atoms with van der Waals surface area (Å²) >= 11 is 0. The van der Waals surface area contributed by atoms with Crippen molar-refractivity contribution in [3.05, 3.63) is 28.0 Å². The van der Waals surface area contributed by atoms with Crippen LogP contribution in [0.15, 0.2) is 16.5 Å². The summed E-state index contributed by atoms with van der Waals surface area (Å²) < 4.78 is 10.6. The molecule has 1 saturated carbocycles. The third-order valence-corrected chi connectivity index (χ3v) is 3.75. The number of nitrogens with zero attached hydrogens (tertiary/aromatic N) is 1. The van der Waals surface area contributed by atoms with E-state index in [9.17, 15) is 14.9 Å². The Bertz CT molecular complexity index is 499. The van der Waals surface area contributed by atoms with Crippen molar-refractivity contribution in [2.45, 2.75) is 38.7 Å². The first-order chi connectivity index (χ1) is 10.1. The molecule has 1 aliphatic rings. The van der Waals surface area contributed by atoms with Crippen LogP contribution >= 0.6 is 0 Å². The normalized spacial score (nSPS) is 22.0. The van der Waals surface area contributed by atoms with Gasteiger partial charge in [0.1, 0.15) is 4.92 Å². The van der Waals surface area contributed by atoms with E-state index in [-0.39, 0.29) is 11.9 Å². The van der Waals surface area contributed by atoms with Crippen molar-refractivity contribution in [2.24, 2.45) is 5.92 Å². The highest BCUT2D eigenvalue weighted by Crippen LogP contribution is 2.26. The highest BCUT2D eigenvalue weighted by Gasteiger charge is 2.22. The molecule has 0 aliphatic heterocycles. The Morgan fingerprint density at radius 3 is 2.90 bits per heavy atom. The quantitative estimate of drug-likeness (QED) is 0.494. The van der Waals surface area contributed by atoms with Gasteiger partial charge in [0.2, 0.25) is 0 Å². The molecule has 1 aromatic heterocycles. The maximum Gasteiger partial charge on any atom is 0.433 e. The summed E-state index contributed by atoms with van der Waals surface area (Å²) in [5.74, 6) is -0.411. The topological polar surface area (TPSA) is 94.6 Å². The number of furan rings is 1. The smallest absolute Gasteiger partial charge is 0.395 e. The summed E-state index contributed by atoms with van der Waals surface area (Å²) in [4.78, 5) is 21.5. The Balaban J connectivity index is 1.70. The minimum absolute atomic E-state index is 0.0623. The molecule has 0 bridgehead atoms. The van der Waals surface area contributed by atoms with E-state index < -0.39 is 16.7 Å². The second-order valence-corrected chi connectivity index (χ2v) is 5.32. The highest BCUT2D eigenvalue weighted by molar-refractivity contribution is 5.91. The molecule has 1 amide bonds. The molecule has 21 heavy (non-hydrogen) atoms. The third kappa shape index (κ3) is 4.29. The van der Waals surface area contributed by atoms with Gasteiger partial charge in [-0.05, 0) is 24.8 Å². The Labute approximate surface area is 122 Å². The zero-order valence-electron chi connectivity index (χ0n) is 12.0. The number of ether oxygens (including phenoxy) is 1. The van der Waals surface area contributed by atoms with Crippen LogP contribution in [0.1, 0.15) is 43.2 Å². The molecule has 0 radical (unpaired) electrons. The predicted molar refractivity (Wildman–Crippen MR) is 75.1 cm³/mol. The molecule has 0 spiro atoms. The van der Waals surface area contributed by atoms with Crippen LogP contribution in [-0.2, 0) is 4.74 Å². The minimum Gasteiger partial charge on any atom is -0.395 e. The highest BCUT2D eigenvalue weighted by atomic mass is 16.6. The van der Waals surface area contributed by atoms with Crippen LogP contribution in [0.4, 0.5) is 5.88 Å².